The van der Waals surface area contributed by atoms with E-state index in [2.05, 4.69) is 37.0 Å². The first-order valence-electron chi connectivity index (χ1n) is 5.14. The minimum Gasteiger partial charge on any atom is -0.256 e. The lowest BCUT2D eigenvalue weighted by Gasteiger charge is -2.04. The SMILES string of the molecule is Cc1ccc(-c2cc(C#N)ccn2)cc1C. The average molecular weight is 208 g/mol. The fourth-order valence-electron chi connectivity index (χ4n) is 1.56. The Kier molecular flexibility index (Phi) is 2.70. The molecular weight excluding hydrogens is 196 g/mol. The highest BCUT2D eigenvalue weighted by Crippen LogP contribution is 2.20. The van der Waals surface area contributed by atoms with E-state index in [0.717, 1.165) is 11.3 Å². The Bertz CT molecular complexity index is 565. The summed E-state index contributed by atoms with van der Waals surface area (Å²) in [6.07, 6.45) is 1.67. The molecule has 2 aromatic rings. The summed E-state index contributed by atoms with van der Waals surface area (Å²) in [5.74, 6) is 0. The van der Waals surface area contributed by atoms with Gasteiger partial charge in [-0.05, 0) is 43.2 Å². The van der Waals surface area contributed by atoms with E-state index in [9.17, 15) is 0 Å². The van der Waals surface area contributed by atoms with Gasteiger partial charge in [0.25, 0.3) is 0 Å². The third kappa shape index (κ3) is 1.94. The molecule has 0 bridgehead atoms. The van der Waals surface area contributed by atoms with Crippen molar-refractivity contribution in [3.8, 4) is 17.3 Å². The molecule has 0 aliphatic carbocycles. The summed E-state index contributed by atoms with van der Waals surface area (Å²) < 4.78 is 0. The van der Waals surface area contributed by atoms with Crippen molar-refractivity contribution in [1.29, 1.82) is 5.26 Å². The van der Waals surface area contributed by atoms with Crippen molar-refractivity contribution in [3.05, 3.63) is 53.2 Å². The van der Waals surface area contributed by atoms with E-state index in [1.54, 1.807) is 12.3 Å². The summed E-state index contributed by atoms with van der Waals surface area (Å²) in [4.78, 5) is 4.28. The molecule has 1 aromatic heterocycles. The molecule has 0 aliphatic rings. The summed E-state index contributed by atoms with van der Waals surface area (Å²) in [6, 6.07) is 11.8. The van der Waals surface area contributed by atoms with Crippen LogP contribution in [0, 0.1) is 25.2 Å². The van der Waals surface area contributed by atoms with Crippen molar-refractivity contribution in [1.82, 2.24) is 4.98 Å². The van der Waals surface area contributed by atoms with Crippen LogP contribution in [0.3, 0.4) is 0 Å². The van der Waals surface area contributed by atoms with Gasteiger partial charge in [0.2, 0.25) is 0 Å². The van der Waals surface area contributed by atoms with Crippen LogP contribution >= 0.6 is 0 Å². The van der Waals surface area contributed by atoms with Gasteiger partial charge >= 0.3 is 0 Å². The largest absolute Gasteiger partial charge is 0.256 e. The minimum atomic E-state index is 0.642. The Morgan fingerprint density at radius 1 is 1.06 bits per heavy atom. The standard InChI is InChI=1S/C14H12N2/c1-10-3-4-13(7-11(10)2)14-8-12(9-15)5-6-16-14/h3-8H,1-2H3. The van der Waals surface area contributed by atoms with E-state index in [1.807, 2.05) is 12.1 Å². The lowest BCUT2D eigenvalue weighted by atomic mass is 10.0. The van der Waals surface area contributed by atoms with E-state index in [0.29, 0.717) is 5.56 Å². The predicted molar refractivity (Wildman–Crippen MR) is 63.9 cm³/mol. The molecule has 0 unspecified atom stereocenters. The van der Waals surface area contributed by atoms with Crippen LogP contribution in [0.1, 0.15) is 16.7 Å². The fraction of sp³-hybridized carbons (Fsp3) is 0.143. The molecule has 2 rings (SSSR count). The van der Waals surface area contributed by atoms with E-state index >= 15 is 0 Å². The van der Waals surface area contributed by atoms with Crippen molar-refractivity contribution < 1.29 is 0 Å². The van der Waals surface area contributed by atoms with Crippen molar-refractivity contribution >= 4 is 0 Å². The number of hydrogen-bond acceptors (Lipinski definition) is 2. The molecule has 0 spiro atoms. The molecule has 0 saturated heterocycles. The zero-order valence-corrected chi connectivity index (χ0v) is 9.36. The van der Waals surface area contributed by atoms with Crippen LogP contribution in [0.15, 0.2) is 36.5 Å². The lowest BCUT2D eigenvalue weighted by molar-refractivity contribution is 1.28. The van der Waals surface area contributed by atoms with Crippen molar-refractivity contribution in [2.24, 2.45) is 0 Å². The second-order valence-corrected chi connectivity index (χ2v) is 3.84. The molecule has 0 saturated carbocycles. The number of hydrogen-bond donors (Lipinski definition) is 0. The molecule has 0 N–H and O–H groups in total. The Hall–Kier alpha value is -2.14. The maximum Gasteiger partial charge on any atom is 0.0992 e. The summed E-state index contributed by atoms with van der Waals surface area (Å²) in [7, 11) is 0. The summed E-state index contributed by atoms with van der Waals surface area (Å²) in [5.41, 5.74) is 5.05. The van der Waals surface area contributed by atoms with E-state index in [4.69, 9.17) is 5.26 Å². The van der Waals surface area contributed by atoms with Crippen LogP contribution in [0.5, 0.6) is 0 Å². The van der Waals surface area contributed by atoms with Gasteiger partial charge in [0.1, 0.15) is 0 Å². The molecule has 0 amide bonds. The van der Waals surface area contributed by atoms with Gasteiger partial charge in [0.05, 0.1) is 17.3 Å². The van der Waals surface area contributed by atoms with Gasteiger partial charge in [0, 0.05) is 11.8 Å². The number of aromatic nitrogens is 1. The first-order chi connectivity index (χ1) is 7.70. The normalized spacial score (nSPS) is 9.81. The topological polar surface area (TPSA) is 36.7 Å². The lowest BCUT2D eigenvalue weighted by Crippen LogP contribution is -1.87. The maximum absolute atomic E-state index is 8.83. The Labute approximate surface area is 95.2 Å². The number of benzene rings is 1. The second kappa shape index (κ2) is 4.16. The molecule has 0 aliphatic heterocycles. The van der Waals surface area contributed by atoms with Crippen molar-refractivity contribution in [2.45, 2.75) is 13.8 Å². The Morgan fingerprint density at radius 2 is 1.88 bits per heavy atom. The fourth-order valence-corrected chi connectivity index (χ4v) is 1.56. The molecule has 1 aromatic carbocycles. The molecule has 1 heterocycles. The minimum absolute atomic E-state index is 0.642. The zero-order valence-electron chi connectivity index (χ0n) is 9.36. The third-order valence-corrected chi connectivity index (χ3v) is 2.69. The molecule has 78 valence electrons. The number of pyridine rings is 1. The summed E-state index contributed by atoms with van der Waals surface area (Å²) in [5, 5.41) is 8.83. The van der Waals surface area contributed by atoms with Gasteiger partial charge in [-0.15, -0.1) is 0 Å². The van der Waals surface area contributed by atoms with Crippen molar-refractivity contribution in [3.63, 3.8) is 0 Å². The first-order valence-corrected chi connectivity index (χ1v) is 5.14. The average Bonchev–Trinajstić information content (AvgIpc) is 2.33. The number of rotatable bonds is 1. The van der Waals surface area contributed by atoms with Crippen LogP contribution in [-0.2, 0) is 0 Å². The molecule has 2 nitrogen and oxygen atoms in total. The smallest absolute Gasteiger partial charge is 0.0992 e. The van der Waals surface area contributed by atoms with Crippen LogP contribution in [0.4, 0.5) is 0 Å². The van der Waals surface area contributed by atoms with E-state index in [1.165, 1.54) is 11.1 Å². The predicted octanol–water partition coefficient (Wildman–Crippen LogP) is 3.24. The van der Waals surface area contributed by atoms with Gasteiger partial charge in [-0.2, -0.15) is 5.26 Å². The maximum atomic E-state index is 8.83. The summed E-state index contributed by atoms with van der Waals surface area (Å²) in [6.45, 7) is 4.16. The zero-order chi connectivity index (χ0) is 11.5. The number of aryl methyl sites for hydroxylation is 2. The molecule has 0 atom stereocenters. The highest BCUT2D eigenvalue weighted by atomic mass is 14.7. The molecular formula is C14H12N2. The molecule has 16 heavy (non-hydrogen) atoms. The number of nitriles is 1. The molecule has 0 fully saturated rings. The second-order valence-electron chi connectivity index (χ2n) is 3.84. The van der Waals surface area contributed by atoms with Gasteiger partial charge in [-0.25, -0.2) is 0 Å². The highest BCUT2D eigenvalue weighted by Gasteiger charge is 2.02. The van der Waals surface area contributed by atoms with Crippen LogP contribution < -0.4 is 0 Å². The van der Waals surface area contributed by atoms with Gasteiger partial charge in [-0.1, -0.05) is 12.1 Å². The van der Waals surface area contributed by atoms with Crippen molar-refractivity contribution in [2.75, 3.05) is 0 Å². The monoisotopic (exact) mass is 208 g/mol. The summed E-state index contributed by atoms with van der Waals surface area (Å²) >= 11 is 0. The van der Waals surface area contributed by atoms with Gasteiger partial charge in [-0.3, -0.25) is 4.98 Å². The highest BCUT2D eigenvalue weighted by molar-refractivity contribution is 5.62. The first kappa shape index (κ1) is 10.4. The van der Waals surface area contributed by atoms with E-state index < -0.39 is 0 Å². The Morgan fingerprint density at radius 3 is 2.56 bits per heavy atom. The van der Waals surface area contributed by atoms with Gasteiger partial charge in [0.15, 0.2) is 0 Å². The number of nitrogens with zero attached hydrogens (tertiary/aromatic N) is 2. The van der Waals surface area contributed by atoms with Gasteiger partial charge < -0.3 is 0 Å². The third-order valence-electron chi connectivity index (χ3n) is 2.69. The molecule has 0 radical (unpaired) electrons. The molecule has 2 heteroatoms. The van der Waals surface area contributed by atoms with Crippen LogP contribution in [0.2, 0.25) is 0 Å². The van der Waals surface area contributed by atoms with E-state index in [-0.39, 0.29) is 0 Å². The van der Waals surface area contributed by atoms with Crippen LogP contribution in [-0.4, -0.2) is 4.98 Å². The van der Waals surface area contributed by atoms with Crippen LogP contribution in [0.25, 0.3) is 11.3 Å². The Balaban J connectivity index is 2.51. The quantitative estimate of drug-likeness (QED) is 0.721.